The largest absolute Gasteiger partial charge is 0.493 e. The molecule has 0 aromatic heterocycles. The van der Waals surface area contributed by atoms with E-state index in [1.165, 1.54) is 25.3 Å². The van der Waals surface area contributed by atoms with Crippen LogP contribution in [0, 0.1) is 5.82 Å². The lowest BCUT2D eigenvalue weighted by Crippen LogP contribution is -2.50. The van der Waals surface area contributed by atoms with Crippen molar-refractivity contribution in [3.05, 3.63) is 52.8 Å². The first-order valence-corrected chi connectivity index (χ1v) is 10.4. The molecular weight excluding hydrogens is 457 g/mol. The third kappa shape index (κ3) is 6.04. The maximum absolute atomic E-state index is 14.0. The smallest absolute Gasteiger partial charge is 0.338 e. The molecule has 9 nitrogen and oxygen atoms in total. The van der Waals surface area contributed by atoms with E-state index < -0.39 is 25.1 Å². The molecule has 11 heteroatoms. The van der Waals surface area contributed by atoms with Gasteiger partial charge in [0.05, 0.1) is 23.4 Å². The molecule has 1 aliphatic heterocycles. The van der Waals surface area contributed by atoms with Gasteiger partial charge in [0.25, 0.3) is 11.8 Å². The lowest BCUT2D eigenvalue weighted by Gasteiger charge is -2.36. The number of methoxy groups -OCH3 is 1. The molecule has 0 bridgehead atoms. The van der Waals surface area contributed by atoms with Gasteiger partial charge < -0.3 is 29.7 Å². The molecule has 3 rings (SSSR count). The number of benzene rings is 2. The lowest BCUT2D eigenvalue weighted by molar-refractivity contribution is -0.134. The van der Waals surface area contributed by atoms with Crippen LogP contribution in [0.3, 0.4) is 0 Å². The highest BCUT2D eigenvalue weighted by atomic mass is 35.5. The minimum absolute atomic E-state index is 0.0122. The van der Waals surface area contributed by atoms with Crippen LogP contribution in [0.1, 0.15) is 10.4 Å². The Bertz CT molecular complexity index is 1040. The zero-order valence-corrected chi connectivity index (χ0v) is 18.6. The molecule has 0 spiro atoms. The molecule has 33 heavy (non-hydrogen) atoms. The average molecular weight is 480 g/mol. The van der Waals surface area contributed by atoms with Gasteiger partial charge in [-0.15, -0.1) is 0 Å². The Labute approximate surface area is 194 Å². The number of nitrogens with two attached hydrogens (primary N) is 1. The second-order valence-corrected chi connectivity index (χ2v) is 7.55. The van der Waals surface area contributed by atoms with Crippen LogP contribution in [0.5, 0.6) is 11.5 Å². The molecule has 0 unspecified atom stereocenters. The summed E-state index contributed by atoms with van der Waals surface area (Å²) in [5.74, 6) is -2.01. The predicted octanol–water partition coefficient (Wildman–Crippen LogP) is 1.86. The molecule has 1 aliphatic rings. The molecular formula is C22H23ClFN3O6. The fraction of sp³-hybridized carbons (Fsp3) is 0.318. The Balaban J connectivity index is 1.55. The number of rotatable bonds is 8. The molecule has 0 aliphatic carbocycles. The van der Waals surface area contributed by atoms with E-state index >= 15 is 0 Å². The van der Waals surface area contributed by atoms with Crippen LogP contribution >= 0.6 is 11.6 Å². The first-order chi connectivity index (χ1) is 15.8. The number of primary amides is 1. The molecule has 1 saturated heterocycles. The van der Waals surface area contributed by atoms with Crippen LogP contribution in [0.4, 0.5) is 10.1 Å². The number of halogens is 2. The number of hydrogen-bond acceptors (Lipinski definition) is 7. The SMILES string of the molecule is COc1cc(C(=O)OCC(=O)N2CCN(c3ccccc3F)CC2)cc(Cl)c1OCC(N)=O. The molecule has 0 saturated carbocycles. The highest BCUT2D eigenvalue weighted by molar-refractivity contribution is 6.32. The van der Waals surface area contributed by atoms with Gasteiger partial charge in [-0.2, -0.15) is 0 Å². The summed E-state index contributed by atoms with van der Waals surface area (Å²) in [7, 11) is 1.34. The average Bonchev–Trinajstić information content (AvgIpc) is 2.81. The van der Waals surface area contributed by atoms with Crippen LogP contribution in [0.2, 0.25) is 5.02 Å². The van der Waals surface area contributed by atoms with Crippen molar-refractivity contribution in [1.29, 1.82) is 0 Å². The zero-order valence-electron chi connectivity index (χ0n) is 17.9. The van der Waals surface area contributed by atoms with Gasteiger partial charge in [-0.3, -0.25) is 9.59 Å². The molecule has 1 heterocycles. The van der Waals surface area contributed by atoms with Crippen molar-refractivity contribution in [3.8, 4) is 11.5 Å². The Morgan fingerprint density at radius 1 is 1.09 bits per heavy atom. The van der Waals surface area contributed by atoms with Crippen LogP contribution in [-0.2, 0) is 14.3 Å². The van der Waals surface area contributed by atoms with E-state index in [1.54, 1.807) is 23.1 Å². The van der Waals surface area contributed by atoms with Gasteiger partial charge in [0, 0.05) is 26.2 Å². The minimum Gasteiger partial charge on any atom is -0.493 e. The van der Waals surface area contributed by atoms with E-state index in [-0.39, 0.29) is 33.8 Å². The van der Waals surface area contributed by atoms with E-state index in [1.807, 2.05) is 4.90 Å². The molecule has 2 aromatic rings. The van der Waals surface area contributed by atoms with Crippen molar-refractivity contribution in [2.45, 2.75) is 0 Å². The van der Waals surface area contributed by atoms with Gasteiger partial charge in [-0.1, -0.05) is 23.7 Å². The molecule has 2 amide bonds. The number of amides is 2. The van der Waals surface area contributed by atoms with Crippen LogP contribution in [0.15, 0.2) is 36.4 Å². The Kier molecular flexibility index (Phi) is 7.94. The Morgan fingerprint density at radius 2 is 1.79 bits per heavy atom. The number of ether oxygens (including phenoxy) is 3. The van der Waals surface area contributed by atoms with E-state index in [0.717, 1.165) is 0 Å². The topological polar surface area (TPSA) is 111 Å². The van der Waals surface area contributed by atoms with Crippen molar-refractivity contribution in [1.82, 2.24) is 4.90 Å². The first kappa shape index (κ1) is 24.1. The van der Waals surface area contributed by atoms with Gasteiger partial charge >= 0.3 is 5.97 Å². The standard InChI is InChI=1S/C22H23ClFN3O6/c1-31-18-11-14(10-15(23)21(18)32-12-19(25)28)22(30)33-13-20(29)27-8-6-26(7-9-27)17-5-3-2-4-16(17)24/h2-5,10-11H,6-9,12-13H2,1H3,(H2,25,28). The third-order valence-corrected chi connectivity index (χ3v) is 5.26. The van der Waals surface area contributed by atoms with Crippen molar-refractivity contribution in [3.63, 3.8) is 0 Å². The summed E-state index contributed by atoms with van der Waals surface area (Å²) in [5, 5.41) is 0.0122. The molecule has 2 N–H and O–H groups in total. The fourth-order valence-corrected chi connectivity index (χ4v) is 3.59. The molecule has 0 radical (unpaired) electrons. The zero-order chi connectivity index (χ0) is 24.0. The summed E-state index contributed by atoms with van der Waals surface area (Å²) in [6.45, 7) is 0.782. The highest BCUT2D eigenvalue weighted by Crippen LogP contribution is 2.36. The number of carbonyl (C=O) groups excluding carboxylic acids is 3. The number of para-hydroxylation sites is 1. The van der Waals surface area contributed by atoms with E-state index in [2.05, 4.69) is 0 Å². The van der Waals surface area contributed by atoms with Crippen molar-refractivity contribution in [2.24, 2.45) is 5.73 Å². The Hall–Kier alpha value is -3.53. The van der Waals surface area contributed by atoms with Crippen LogP contribution in [0.25, 0.3) is 0 Å². The second-order valence-electron chi connectivity index (χ2n) is 7.14. The maximum Gasteiger partial charge on any atom is 0.338 e. The van der Waals surface area contributed by atoms with Gasteiger partial charge in [0.2, 0.25) is 0 Å². The minimum atomic E-state index is -0.782. The number of carbonyl (C=O) groups is 3. The predicted molar refractivity (Wildman–Crippen MR) is 118 cm³/mol. The summed E-state index contributed by atoms with van der Waals surface area (Å²) in [6, 6.07) is 9.06. The monoisotopic (exact) mass is 479 g/mol. The van der Waals surface area contributed by atoms with Gasteiger partial charge in [0.1, 0.15) is 5.82 Å². The summed E-state index contributed by atoms with van der Waals surface area (Å²) >= 11 is 6.13. The van der Waals surface area contributed by atoms with Crippen molar-refractivity contribution >= 4 is 35.1 Å². The van der Waals surface area contributed by atoms with Crippen LogP contribution in [-0.4, -0.2) is 69.2 Å². The molecule has 2 aromatic carbocycles. The number of anilines is 1. The lowest BCUT2D eigenvalue weighted by atomic mass is 10.2. The van der Waals surface area contributed by atoms with Crippen molar-refractivity contribution in [2.75, 3.05) is 51.4 Å². The van der Waals surface area contributed by atoms with E-state index in [9.17, 15) is 18.8 Å². The molecule has 1 fully saturated rings. The van der Waals surface area contributed by atoms with E-state index in [0.29, 0.717) is 31.9 Å². The number of nitrogens with zero attached hydrogens (tertiary/aromatic N) is 2. The van der Waals surface area contributed by atoms with Gasteiger partial charge in [-0.05, 0) is 24.3 Å². The number of piperazine rings is 1. The summed E-state index contributed by atoms with van der Waals surface area (Å²) in [6.07, 6.45) is 0. The quantitative estimate of drug-likeness (QED) is 0.575. The molecule has 176 valence electrons. The summed E-state index contributed by atoms with van der Waals surface area (Å²) in [5.41, 5.74) is 5.59. The second kappa shape index (κ2) is 10.9. The Morgan fingerprint density at radius 3 is 2.42 bits per heavy atom. The van der Waals surface area contributed by atoms with Gasteiger partial charge in [-0.25, -0.2) is 9.18 Å². The fourth-order valence-electron chi connectivity index (χ4n) is 3.33. The molecule has 0 atom stereocenters. The first-order valence-electron chi connectivity index (χ1n) is 10.0. The highest BCUT2D eigenvalue weighted by Gasteiger charge is 2.24. The summed E-state index contributed by atoms with van der Waals surface area (Å²) < 4.78 is 29.5. The number of hydrogen-bond donors (Lipinski definition) is 1. The van der Waals surface area contributed by atoms with Gasteiger partial charge in [0.15, 0.2) is 24.7 Å². The summed E-state index contributed by atoms with van der Waals surface area (Å²) in [4.78, 5) is 39.3. The maximum atomic E-state index is 14.0. The van der Waals surface area contributed by atoms with Crippen molar-refractivity contribution < 1.29 is 33.0 Å². The third-order valence-electron chi connectivity index (χ3n) is 4.98. The van der Waals surface area contributed by atoms with E-state index in [4.69, 9.17) is 31.5 Å². The van der Waals surface area contributed by atoms with Crippen LogP contribution < -0.4 is 20.1 Å². The number of esters is 1. The normalized spacial score (nSPS) is 13.4.